The van der Waals surface area contributed by atoms with Crippen molar-refractivity contribution in [2.24, 2.45) is 0 Å². The normalized spacial score (nSPS) is 11.7. The summed E-state index contributed by atoms with van der Waals surface area (Å²) in [7, 11) is 0. The predicted molar refractivity (Wildman–Crippen MR) is 90.3 cm³/mol. The second-order valence-corrected chi connectivity index (χ2v) is 5.77. The number of hydrogen-bond acceptors (Lipinski definition) is 2. The third kappa shape index (κ3) is 4.79. The van der Waals surface area contributed by atoms with Gasteiger partial charge in [0.15, 0.2) is 0 Å². The molecular weight excluding hydrogens is 294 g/mol. The molecule has 114 valence electrons. The van der Waals surface area contributed by atoms with Gasteiger partial charge in [0.2, 0.25) is 0 Å². The Hall–Kier alpha value is -1.98. The van der Waals surface area contributed by atoms with Crippen LogP contribution in [0.3, 0.4) is 0 Å². The quantitative estimate of drug-likeness (QED) is 0.632. The fourth-order valence-electron chi connectivity index (χ4n) is 2.32. The maximum Gasteiger partial charge on any atom is 0.119 e. The van der Waals surface area contributed by atoms with E-state index in [0.717, 1.165) is 30.6 Å². The first-order chi connectivity index (χ1) is 10.7. The third-order valence-electron chi connectivity index (χ3n) is 3.61. The molecule has 0 radical (unpaired) electrons. The highest BCUT2D eigenvalue weighted by molar-refractivity contribution is 6.31. The molecule has 22 heavy (non-hydrogen) atoms. The molecule has 0 bridgehead atoms. The summed E-state index contributed by atoms with van der Waals surface area (Å²) in [5.41, 5.74) is 2.15. The SMILES string of the molecule is Cc1ccc(OCCCCC(C#N)c2ccccc2Cl)cc1. The van der Waals surface area contributed by atoms with E-state index in [9.17, 15) is 5.26 Å². The lowest BCUT2D eigenvalue weighted by molar-refractivity contribution is 0.304. The molecule has 0 aromatic heterocycles. The highest BCUT2D eigenvalue weighted by Crippen LogP contribution is 2.27. The van der Waals surface area contributed by atoms with Crippen LogP contribution in [-0.2, 0) is 0 Å². The Labute approximate surface area is 137 Å². The van der Waals surface area contributed by atoms with Gasteiger partial charge in [0.25, 0.3) is 0 Å². The molecule has 2 nitrogen and oxygen atoms in total. The molecule has 2 aromatic carbocycles. The zero-order valence-electron chi connectivity index (χ0n) is 12.8. The van der Waals surface area contributed by atoms with Gasteiger partial charge in [-0.2, -0.15) is 5.26 Å². The molecule has 0 fully saturated rings. The maximum absolute atomic E-state index is 9.32. The van der Waals surface area contributed by atoms with E-state index < -0.39 is 0 Å². The molecule has 0 amide bonds. The number of rotatable bonds is 7. The number of halogens is 1. The summed E-state index contributed by atoms with van der Waals surface area (Å²) in [5.74, 6) is 0.751. The lowest BCUT2D eigenvalue weighted by atomic mass is 9.95. The van der Waals surface area contributed by atoms with Crippen molar-refractivity contribution >= 4 is 11.6 Å². The summed E-state index contributed by atoms with van der Waals surface area (Å²) >= 11 is 6.15. The third-order valence-corrected chi connectivity index (χ3v) is 3.96. The Balaban J connectivity index is 1.74. The Morgan fingerprint density at radius 2 is 1.82 bits per heavy atom. The van der Waals surface area contributed by atoms with Crippen LogP contribution < -0.4 is 4.74 Å². The first kappa shape index (κ1) is 16.4. The summed E-state index contributed by atoms with van der Waals surface area (Å²) in [4.78, 5) is 0. The van der Waals surface area contributed by atoms with E-state index >= 15 is 0 Å². The molecule has 0 saturated heterocycles. The molecule has 0 saturated carbocycles. The van der Waals surface area contributed by atoms with E-state index in [0.29, 0.717) is 11.6 Å². The van der Waals surface area contributed by atoms with Crippen molar-refractivity contribution in [2.75, 3.05) is 6.61 Å². The minimum absolute atomic E-state index is 0.145. The van der Waals surface area contributed by atoms with Crippen molar-refractivity contribution in [2.45, 2.75) is 32.1 Å². The second-order valence-electron chi connectivity index (χ2n) is 5.36. The first-order valence-corrected chi connectivity index (χ1v) is 7.92. The Morgan fingerprint density at radius 1 is 1.09 bits per heavy atom. The monoisotopic (exact) mass is 313 g/mol. The van der Waals surface area contributed by atoms with Crippen molar-refractivity contribution in [3.8, 4) is 11.8 Å². The number of hydrogen-bond donors (Lipinski definition) is 0. The van der Waals surface area contributed by atoms with Gasteiger partial charge in [-0.3, -0.25) is 0 Å². The highest BCUT2D eigenvalue weighted by Gasteiger charge is 2.13. The number of unbranched alkanes of at least 4 members (excludes halogenated alkanes) is 1. The van der Waals surface area contributed by atoms with Crippen molar-refractivity contribution < 1.29 is 4.74 Å². The van der Waals surface area contributed by atoms with E-state index in [2.05, 4.69) is 13.0 Å². The fraction of sp³-hybridized carbons (Fsp3) is 0.316. The minimum atomic E-state index is -0.145. The van der Waals surface area contributed by atoms with Crippen LogP contribution in [0.2, 0.25) is 5.02 Å². The summed E-state index contributed by atoms with van der Waals surface area (Å²) < 4.78 is 5.70. The molecule has 0 heterocycles. The van der Waals surface area contributed by atoms with Crippen LogP contribution in [0.1, 0.15) is 36.3 Å². The van der Waals surface area contributed by atoms with E-state index in [-0.39, 0.29) is 5.92 Å². The molecule has 1 unspecified atom stereocenters. The lowest BCUT2D eigenvalue weighted by Gasteiger charge is -2.11. The molecule has 2 aromatic rings. The van der Waals surface area contributed by atoms with Gasteiger partial charge in [-0.15, -0.1) is 0 Å². The number of nitriles is 1. The Morgan fingerprint density at radius 3 is 2.50 bits per heavy atom. The zero-order valence-corrected chi connectivity index (χ0v) is 13.5. The maximum atomic E-state index is 9.32. The van der Waals surface area contributed by atoms with Crippen molar-refractivity contribution in [3.63, 3.8) is 0 Å². The van der Waals surface area contributed by atoms with Crippen molar-refractivity contribution in [1.29, 1.82) is 5.26 Å². The van der Waals surface area contributed by atoms with Gasteiger partial charge in [0, 0.05) is 5.02 Å². The molecule has 0 aliphatic heterocycles. The molecule has 0 aliphatic rings. The molecular formula is C19H20ClNO. The number of benzene rings is 2. The van der Waals surface area contributed by atoms with Crippen LogP contribution in [-0.4, -0.2) is 6.61 Å². The summed E-state index contributed by atoms with van der Waals surface area (Å²) in [6.07, 6.45) is 2.67. The smallest absolute Gasteiger partial charge is 0.119 e. The minimum Gasteiger partial charge on any atom is -0.494 e. The zero-order chi connectivity index (χ0) is 15.8. The van der Waals surface area contributed by atoms with Gasteiger partial charge in [-0.05, 0) is 49.9 Å². The molecule has 1 atom stereocenters. The molecule has 3 heteroatoms. The standard InChI is InChI=1S/C19H20ClNO/c1-15-9-11-17(12-10-15)22-13-5-4-6-16(14-21)18-7-2-3-8-19(18)20/h2-3,7-12,16H,4-6,13H2,1H3. The van der Waals surface area contributed by atoms with Crippen LogP contribution in [0.4, 0.5) is 0 Å². The second kappa shape index (κ2) is 8.46. The average molecular weight is 314 g/mol. The van der Waals surface area contributed by atoms with E-state index in [1.807, 2.05) is 48.5 Å². The summed E-state index contributed by atoms with van der Waals surface area (Å²) in [5, 5.41) is 10.00. The van der Waals surface area contributed by atoms with E-state index in [4.69, 9.17) is 16.3 Å². The van der Waals surface area contributed by atoms with Gasteiger partial charge in [0.1, 0.15) is 5.75 Å². The van der Waals surface area contributed by atoms with Crippen LogP contribution in [0.5, 0.6) is 5.75 Å². The lowest BCUT2D eigenvalue weighted by Crippen LogP contribution is -2.01. The van der Waals surface area contributed by atoms with Gasteiger partial charge < -0.3 is 4.74 Å². The topological polar surface area (TPSA) is 33.0 Å². The number of aryl methyl sites for hydroxylation is 1. The largest absolute Gasteiger partial charge is 0.494 e. The molecule has 0 N–H and O–H groups in total. The van der Waals surface area contributed by atoms with Gasteiger partial charge in [-0.1, -0.05) is 47.5 Å². The summed E-state index contributed by atoms with van der Waals surface area (Å²) in [6, 6.07) is 18.0. The number of nitrogens with zero attached hydrogens (tertiary/aromatic N) is 1. The van der Waals surface area contributed by atoms with Crippen molar-refractivity contribution in [1.82, 2.24) is 0 Å². The van der Waals surface area contributed by atoms with Crippen LogP contribution >= 0.6 is 11.6 Å². The molecule has 0 aliphatic carbocycles. The van der Waals surface area contributed by atoms with E-state index in [1.165, 1.54) is 5.56 Å². The van der Waals surface area contributed by atoms with E-state index in [1.54, 1.807) is 0 Å². The first-order valence-electron chi connectivity index (χ1n) is 7.54. The Bertz CT molecular complexity index is 631. The molecule has 2 rings (SSSR count). The van der Waals surface area contributed by atoms with Gasteiger partial charge >= 0.3 is 0 Å². The Kier molecular flexibility index (Phi) is 6.30. The summed E-state index contributed by atoms with van der Waals surface area (Å²) in [6.45, 7) is 2.73. The van der Waals surface area contributed by atoms with Crippen LogP contribution in [0.25, 0.3) is 0 Å². The van der Waals surface area contributed by atoms with Gasteiger partial charge in [-0.25, -0.2) is 0 Å². The average Bonchev–Trinajstić information content (AvgIpc) is 2.54. The van der Waals surface area contributed by atoms with Crippen LogP contribution in [0.15, 0.2) is 48.5 Å². The number of ether oxygens (including phenoxy) is 1. The fourth-order valence-corrected chi connectivity index (χ4v) is 2.59. The van der Waals surface area contributed by atoms with Gasteiger partial charge in [0.05, 0.1) is 18.6 Å². The predicted octanol–water partition coefficient (Wildman–Crippen LogP) is 5.50. The van der Waals surface area contributed by atoms with Crippen molar-refractivity contribution in [3.05, 3.63) is 64.7 Å². The van der Waals surface area contributed by atoms with Crippen LogP contribution in [0, 0.1) is 18.3 Å². The highest BCUT2D eigenvalue weighted by atomic mass is 35.5. The molecule has 0 spiro atoms.